The van der Waals surface area contributed by atoms with Crippen molar-refractivity contribution in [3.8, 4) is 0 Å². The van der Waals surface area contributed by atoms with Crippen molar-refractivity contribution >= 4 is 10.8 Å². The summed E-state index contributed by atoms with van der Waals surface area (Å²) in [5, 5.41) is 2.03. The second-order valence-electron chi connectivity index (χ2n) is 4.33. The Balaban J connectivity index is 2.18. The number of fused-ring (bicyclic) bond motifs is 1. The summed E-state index contributed by atoms with van der Waals surface area (Å²) in [5.41, 5.74) is 6.03. The van der Waals surface area contributed by atoms with Crippen LogP contribution in [0.15, 0.2) is 42.5 Å². The minimum absolute atomic E-state index is 0.0858. The van der Waals surface area contributed by atoms with Crippen LogP contribution in [0.2, 0.25) is 0 Å². The van der Waals surface area contributed by atoms with E-state index in [1.54, 1.807) is 0 Å². The highest BCUT2D eigenvalue weighted by atomic mass is 19.4. The number of hydrogen-bond donors (Lipinski definition) is 1. The van der Waals surface area contributed by atoms with Crippen LogP contribution in [0.1, 0.15) is 12.0 Å². The molecule has 2 aromatic carbocycles. The summed E-state index contributed by atoms with van der Waals surface area (Å²) in [6.45, 7) is 0. The van der Waals surface area contributed by atoms with Crippen LogP contribution in [0.3, 0.4) is 0 Å². The fraction of sp³-hybridized carbons (Fsp3) is 0.286. The molecule has 0 aliphatic rings. The molecule has 1 nitrogen and oxygen atoms in total. The van der Waals surface area contributed by atoms with Crippen LogP contribution in [0, 0.1) is 0 Å². The number of benzene rings is 2. The maximum Gasteiger partial charge on any atom is 0.403 e. The largest absolute Gasteiger partial charge is 0.403 e. The molecule has 0 aliphatic heterocycles. The van der Waals surface area contributed by atoms with E-state index in [2.05, 4.69) is 0 Å². The van der Waals surface area contributed by atoms with Crippen molar-refractivity contribution in [2.24, 2.45) is 5.73 Å². The minimum atomic E-state index is -4.31. The molecule has 2 N–H and O–H groups in total. The molecule has 2 rings (SSSR count). The molecule has 1 unspecified atom stereocenters. The number of alkyl halides is 3. The van der Waals surface area contributed by atoms with Crippen molar-refractivity contribution in [1.29, 1.82) is 0 Å². The monoisotopic (exact) mass is 253 g/mol. The minimum Gasteiger partial charge on any atom is -0.320 e. The van der Waals surface area contributed by atoms with Crippen LogP contribution in [-0.4, -0.2) is 12.2 Å². The lowest BCUT2D eigenvalue weighted by molar-refractivity contribution is -0.148. The second kappa shape index (κ2) is 4.98. The maximum atomic E-state index is 12.3. The predicted octanol–water partition coefficient (Wildman–Crippen LogP) is 3.66. The van der Waals surface area contributed by atoms with Crippen molar-refractivity contribution < 1.29 is 13.2 Å². The van der Waals surface area contributed by atoms with Gasteiger partial charge in [-0.15, -0.1) is 0 Å². The highest BCUT2D eigenvalue weighted by Crippen LogP contribution is 2.24. The van der Waals surface area contributed by atoms with Crippen LogP contribution >= 0.6 is 0 Å². The SMILES string of the molecule is NC(CCc1cccc2ccccc12)C(F)(F)F. The van der Waals surface area contributed by atoms with Gasteiger partial charge in [-0.25, -0.2) is 0 Å². The van der Waals surface area contributed by atoms with Gasteiger partial charge in [0, 0.05) is 0 Å². The zero-order valence-electron chi connectivity index (χ0n) is 9.74. The Kier molecular flexibility index (Phi) is 3.57. The number of hydrogen-bond acceptors (Lipinski definition) is 1. The lowest BCUT2D eigenvalue weighted by atomic mass is 9.99. The summed E-state index contributed by atoms with van der Waals surface area (Å²) >= 11 is 0. The summed E-state index contributed by atoms with van der Waals surface area (Å²) in [6.07, 6.45) is -4.07. The van der Waals surface area contributed by atoms with E-state index in [0.717, 1.165) is 16.3 Å². The smallest absolute Gasteiger partial charge is 0.320 e. The van der Waals surface area contributed by atoms with Gasteiger partial charge in [-0.1, -0.05) is 42.5 Å². The number of rotatable bonds is 3. The van der Waals surface area contributed by atoms with Crippen molar-refractivity contribution in [3.63, 3.8) is 0 Å². The normalized spacial score (nSPS) is 13.8. The van der Waals surface area contributed by atoms with E-state index in [0.29, 0.717) is 6.42 Å². The van der Waals surface area contributed by atoms with Gasteiger partial charge in [-0.3, -0.25) is 0 Å². The Labute approximate surface area is 103 Å². The standard InChI is InChI=1S/C14H14F3N/c15-14(16,17)13(18)9-8-11-6-3-5-10-4-1-2-7-12(10)11/h1-7,13H,8-9,18H2. The molecule has 0 spiro atoms. The molecule has 18 heavy (non-hydrogen) atoms. The number of aryl methyl sites for hydroxylation is 1. The fourth-order valence-electron chi connectivity index (χ4n) is 1.99. The molecule has 4 heteroatoms. The van der Waals surface area contributed by atoms with Gasteiger partial charge in [0.1, 0.15) is 6.04 Å². The first-order chi connectivity index (χ1) is 8.48. The Bertz CT molecular complexity index is 529. The zero-order valence-corrected chi connectivity index (χ0v) is 9.74. The van der Waals surface area contributed by atoms with Crippen LogP contribution in [0.4, 0.5) is 13.2 Å². The molecule has 0 radical (unpaired) electrons. The molecule has 0 fully saturated rings. The van der Waals surface area contributed by atoms with Crippen LogP contribution in [0.25, 0.3) is 10.8 Å². The summed E-state index contributed by atoms with van der Waals surface area (Å²) < 4.78 is 37.0. The summed E-state index contributed by atoms with van der Waals surface area (Å²) in [5.74, 6) is 0. The van der Waals surface area contributed by atoms with Crippen molar-refractivity contribution in [1.82, 2.24) is 0 Å². The molecule has 0 heterocycles. The van der Waals surface area contributed by atoms with E-state index in [1.165, 1.54) is 0 Å². The van der Waals surface area contributed by atoms with E-state index in [9.17, 15) is 13.2 Å². The Morgan fingerprint density at radius 2 is 1.67 bits per heavy atom. The van der Waals surface area contributed by atoms with Crippen molar-refractivity contribution in [2.45, 2.75) is 25.1 Å². The molecule has 0 amide bonds. The third-order valence-electron chi connectivity index (χ3n) is 3.03. The molecule has 0 aromatic heterocycles. The quantitative estimate of drug-likeness (QED) is 0.887. The van der Waals surface area contributed by atoms with Gasteiger partial charge in [0.2, 0.25) is 0 Å². The average Bonchev–Trinajstić information content (AvgIpc) is 2.34. The fourth-order valence-corrected chi connectivity index (χ4v) is 1.99. The Hall–Kier alpha value is -1.55. The highest BCUT2D eigenvalue weighted by molar-refractivity contribution is 5.85. The summed E-state index contributed by atoms with van der Waals surface area (Å²) in [6, 6.07) is 11.6. The molecule has 2 aromatic rings. The molecular weight excluding hydrogens is 239 g/mol. The first kappa shape index (κ1) is 12.9. The third kappa shape index (κ3) is 2.82. The topological polar surface area (TPSA) is 26.0 Å². The predicted molar refractivity (Wildman–Crippen MR) is 66.3 cm³/mol. The number of nitrogens with two attached hydrogens (primary N) is 1. The molecule has 0 saturated heterocycles. The maximum absolute atomic E-state index is 12.3. The van der Waals surface area contributed by atoms with Gasteiger partial charge in [0.25, 0.3) is 0 Å². The Morgan fingerprint density at radius 3 is 2.39 bits per heavy atom. The second-order valence-corrected chi connectivity index (χ2v) is 4.33. The van der Waals surface area contributed by atoms with Gasteiger partial charge in [-0.05, 0) is 29.2 Å². The van der Waals surface area contributed by atoms with Gasteiger partial charge < -0.3 is 5.73 Å². The first-order valence-corrected chi connectivity index (χ1v) is 5.77. The van der Waals surface area contributed by atoms with Crippen LogP contribution < -0.4 is 5.73 Å². The first-order valence-electron chi connectivity index (χ1n) is 5.77. The van der Waals surface area contributed by atoms with E-state index in [-0.39, 0.29) is 6.42 Å². The van der Waals surface area contributed by atoms with Gasteiger partial charge >= 0.3 is 6.18 Å². The van der Waals surface area contributed by atoms with Crippen molar-refractivity contribution in [3.05, 3.63) is 48.0 Å². The van der Waals surface area contributed by atoms with E-state index < -0.39 is 12.2 Å². The molecular formula is C14H14F3N. The van der Waals surface area contributed by atoms with E-state index >= 15 is 0 Å². The van der Waals surface area contributed by atoms with Crippen LogP contribution in [-0.2, 0) is 6.42 Å². The van der Waals surface area contributed by atoms with E-state index in [4.69, 9.17) is 5.73 Å². The summed E-state index contributed by atoms with van der Waals surface area (Å²) in [7, 11) is 0. The Morgan fingerprint density at radius 1 is 1.00 bits per heavy atom. The molecule has 0 saturated carbocycles. The van der Waals surface area contributed by atoms with Gasteiger partial charge in [0.05, 0.1) is 0 Å². The van der Waals surface area contributed by atoms with Crippen LogP contribution in [0.5, 0.6) is 0 Å². The highest BCUT2D eigenvalue weighted by Gasteiger charge is 2.36. The van der Waals surface area contributed by atoms with E-state index in [1.807, 2.05) is 42.5 Å². The van der Waals surface area contributed by atoms with Gasteiger partial charge in [-0.2, -0.15) is 13.2 Å². The number of halogens is 3. The lowest BCUT2D eigenvalue weighted by Gasteiger charge is -2.15. The van der Waals surface area contributed by atoms with Gasteiger partial charge in [0.15, 0.2) is 0 Å². The molecule has 0 bridgehead atoms. The molecule has 96 valence electrons. The lowest BCUT2D eigenvalue weighted by Crippen LogP contribution is -2.37. The zero-order chi connectivity index (χ0) is 13.2. The van der Waals surface area contributed by atoms with Crippen molar-refractivity contribution in [2.75, 3.05) is 0 Å². The third-order valence-corrected chi connectivity index (χ3v) is 3.03. The molecule has 1 atom stereocenters. The molecule has 0 aliphatic carbocycles. The summed E-state index contributed by atoms with van der Waals surface area (Å²) in [4.78, 5) is 0. The average molecular weight is 253 g/mol.